The fourth-order valence-corrected chi connectivity index (χ4v) is 7.50. The van der Waals surface area contributed by atoms with Crippen LogP contribution in [0.3, 0.4) is 0 Å². The first-order valence-corrected chi connectivity index (χ1v) is 18.6. The molecule has 0 saturated carbocycles. The van der Waals surface area contributed by atoms with Crippen molar-refractivity contribution in [2.75, 3.05) is 26.2 Å². The fraction of sp³-hybridized carbons (Fsp3) is 0.475. The molecule has 5 heterocycles. The normalized spacial score (nSPS) is 20.2. The molecule has 2 fully saturated rings. The Morgan fingerprint density at radius 3 is 1.65 bits per heavy atom. The SMILES string of the molecule is CC(C)[C@H](C)C(=O)N1CCC[C@H]1c1ncc(-c2ccc(-c3ccc(-c4cnc([C@@H]5CCCN5C(=O)[C@@H](NC5=NCCN5)C(C)C)[nH]4)cc3)cc2)[nH]1. The van der Waals surface area contributed by atoms with Gasteiger partial charge >= 0.3 is 0 Å². The molecule has 11 heteroatoms. The zero-order chi connectivity index (χ0) is 35.6. The van der Waals surface area contributed by atoms with Crippen LogP contribution in [0, 0.1) is 17.8 Å². The lowest BCUT2D eigenvalue weighted by Gasteiger charge is -2.30. The Bertz CT molecular complexity index is 1860. The number of nitrogens with one attached hydrogen (secondary N) is 4. The maximum Gasteiger partial charge on any atom is 0.246 e. The van der Waals surface area contributed by atoms with Crippen molar-refractivity contribution in [1.82, 2.24) is 40.4 Å². The number of hydrogen-bond donors (Lipinski definition) is 4. The number of hydrogen-bond acceptors (Lipinski definition) is 7. The summed E-state index contributed by atoms with van der Waals surface area (Å²) < 4.78 is 0. The van der Waals surface area contributed by atoms with E-state index in [-0.39, 0.29) is 41.8 Å². The first kappa shape index (κ1) is 34.5. The van der Waals surface area contributed by atoms with E-state index in [9.17, 15) is 9.59 Å². The molecule has 0 aliphatic carbocycles. The second kappa shape index (κ2) is 14.7. The number of carbonyl (C=O) groups excluding carboxylic acids is 2. The molecule has 0 bridgehead atoms. The number of likely N-dealkylation sites (tertiary alicyclic amines) is 2. The molecule has 0 unspecified atom stereocenters. The first-order chi connectivity index (χ1) is 24.7. The van der Waals surface area contributed by atoms with E-state index in [0.29, 0.717) is 11.9 Å². The Hall–Kier alpha value is -4.93. The molecule has 2 saturated heterocycles. The predicted octanol–water partition coefficient (Wildman–Crippen LogP) is 6.33. The van der Waals surface area contributed by atoms with Gasteiger partial charge < -0.3 is 30.4 Å². The molecule has 4 atom stereocenters. The summed E-state index contributed by atoms with van der Waals surface area (Å²) in [7, 11) is 0. The van der Waals surface area contributed by atoms with Gasteiger partial charge in [0.15, 0.2) is 5.96 Å². The van der Waals surface area contributed by atoms with Crippen molar-refractivity contribution in [3.63, 3.8) is 0 Å². The number of amides is 2. The van der Waals surface area contributed by atoms with Gasteiger partial charge in [0.25, 0.3) is 0 Å². The number of rotatable bonds is 10. The Kier molecular flexibility index (Phi) is 9.97. The molecule has 2 aromatic heterocycles. The third kappa shape index (κ3) is 7.16. The smallest absolute Gasteiger partial charge is 0.246 e. The van der Waals surface area contributed by atoms with Gasteiger partial charge in [-0.05, 0) is 59.8 Å². The highest BCUT2D eigenvalue weighted by Gasteiger charge is 2.38. The van der Waals surface area contributed by atoms with Crippen molar-refractivity contribution < 1.29 is 9.59 Å². The quantitative estimate of drug-likeness (QED) is 0.154. The maximum absolute atomic E-state index is 13.8. The number of aromatic nitrogens is 4. The molecule has 2 aromatic carbocycles. The van der Waals surface area contributed by atoms with Crippen LogP contribution in [0.5, 0.6) is 0 Å². The van der Waals surface area contributed by atoms with Crippen LogP contribution in [-0.4, -0.2) is 79.7 Å². The largest absolute Gasteiger partial charge is 0.355 e. The molecule has 4 N–H and O–H groups in total. The Balaban J connectivity index is 1.00. The Morgan fingerprint density at radius 2 is 1.20 bits per heavy atom. The maximum atomic E-state index is 13.8. The van der Waals surface area contributed by atoms with Crippen LogP contribution < -0.4 is 10.6 Å². The first-order valence-electron chi connectivity index (χ1n) is 18.6. The molecule has 0 spiro atoms. The Labute approximate surface area is 300 Å². The predicted molar refractivity (Wildman–Crippen MR) is 200 cm³/mol. The van der Waals surface area contributed by atoms with Crippen LogP contribution in [0.2, 0.25) is 0 Å². The minimum absolute atomic E-state index is 0.000207. The van der Waals surface area contributed by atoms with Gasteiger partial charge in [0.2, 0.25) is 11.8 Å². The van der Waals surface area contributed by atoms with Crippen molar-refractivity contribution in [3.05, 3.63) is 72.6 Å². The molecule has 51 heavy (non-hydrogen) atoms. The molecule has 268 valence electrons. The van der Waals surface area contributed by atoms with Crippen molar-refractivity contribution >= 4 is 17.8 Å². The molecule has 2 amide bonds. The van der Waals surface area contributed by atoms with Crippen LogP contribution >= 0.6 is 0 Å². The van der Waals surface area contributed by atoms with E-state index in [4.69, 9.17) is 9.97 Å². The number of guanidine groups is 1. The summed E-state index contributed by atoms with van der Waals surface area (Å²) in [5.74, 6) is 3.15. The minimum Gasteiger partial charge on any atom is -0.355 e. The zero-order valence-corrected chi connectivity index (χ0v) is 30.4. The van der Waals surface area contributed by atoms with E-state index < -0.39 is 0 Å². The average molecular weight is 690 g/mol. The summed E-state index contributed by atoms with van der Waals surface area (Å²) in [6.07, 6.45) is 7.52. The zero-order valence-electron chi connectivity index (χ0n) is 30.4. The molecule has 4 aromatic rings. The topological polar surface area (TPSA) is 134 Å². The molecule has 3 aliphatic rings. The molecule has 11 nitrogen and oxygen atoms in total. The second-order valence-electron chi connectivity index (χ2n) is 15.0. The fourth-order valence-electron chi connectivity index (χ4n) is 7.50. The summed E-state index contributed by atoms with van der Waals surface area (Å²) in [5, 5.41) is 6.58. The van der Waals surface area contributed by atoms with Crippen LogP contribution in [-0.2, 0) is 9.59 Å². The molecule has 7 rings (SSSR count). The van der Waals surface area contributed by atoms with Gasteiger partial charge in [-0.3, -0.25) is 14.6 Å². The van der Waals surface area contributed by atoms with Crippen LogP contribution in [0.1, 0.15) is 84.0 Å². The number of nitrogens with zero attached hydrogens (tertiary/aromatic N) is 5. The Morgan fingerprint density at radius 1 is 0.706 bits per heavy atom. The monoisotopic (exact) mass is 689 g/mol. The van der Waals surface area contributed by atoms with E-state index in [1.807, 2.05) is 29.1 Å². The van der Waals surface area contributed by atoms with Crippen LogP contribution in [0.15, 0.2) is 65.9 Å². The highest BCUT2D eigenvalue weighted by molar-refractivity contribution is 5.90. The van der Waals surface area contributed by atoms with Gasteiger partial charge in [-0.2, -0.15) is 0 Å². The highest BCUT2D eigenvalue weighted by Crippen LogP contribution is 2.35. The molecule has 0 radical (unpaired) electrons. The van der Waals surface area contributed by atoms with Crippen molar-refractivity contribution in [1.29, 1.82) is 0 Å². The summed E-state index contributed by atoms with van der Waals surface area (Å²) in [6.45, 7) is 13.4. The van der Waals surface area contributed by atoms with E-state index >= 15 is 0 Å². The minimum atomic E-state index is -0.346. The molecular weight excluding hydrogens is 639 g/mol. The number of aromatic amines is 2. The van der Waals surface area contributed by atoms with E-state index in [1.54, 1.807) is 0 Å². The lowest BCUT2D eigenvalue weighted by Crippen LogP contribution is -2.53. The van der Waals surface area contributed by atoms with Gasteiger partial charge in [-0.15, -0.1) is 0 Å². The number of aliphatic imine (C=N–C) groups is 1. The summed E-state index contributed by atoms with van der Waals surface area (Å²) in [5.41, 5.74) is 6.24. The van der Waals surface area contributed by atoms with Crippen molar-refractivity contribution in [2.45, 2.75) is 78.4 Å². The van der Waals surface area contributed by atoms with Gasteiger partial charge in [0.05, 0.1) is 42.4 Å². The summed E-state index contributed by atoms with van der Waals surface area (Å²) >= 11 is 0. The number of H-pyrrole nitrogens is 2. The third-order valence-electron chi connectivity index (χ3n) is 10.9. The third-order valence-corrected chi connectivity index (χ3v) is 10.9. The summed E-state index contributed by atoms with van der Waals surface area (Å²) in [4.78, 5) is 51.9. The van der Waals surface area contributed by atoms with Crippen molar-refractivity contribution in [3.8, 4) is 33.6 Å². The van der Waals surface area contributed by atoms with E-state index in [2.05, 4.69) is 102 Å². The highest BCUT2D eigenvalue weighted by atomic mass is 16.2. The van der Waals surface area contributed by atoms with E-state index in [0.717, 1.165) is 97.2 Å². The van der Waals surface area contributed by atoms with Gasteiger partial charge in [-0.25, -0.2) is 9.97 Å². The van der Waals surface area contributed by atoms with Crippen LogP contribution in [0.25, 0.3) is 33.6 Å². The summed E-state index contributed by atoms with van der Waals surface area (Å²) in [6, 6.07) is 16.6. The second-order valence-corrected chi connectivity index (χ2v) is 15.0. The molecule has 3 aliphatic heterocycles. The number of imidazole rings is 2. The average Bonchev–Trinajstić information content (AvgIpc) is 3.99. The van der Waals surface area contributed by atoms with Gasteiger partial charge in [0.1, 0.15) is 17.7 Å². The lowest BCUT2D eigenvalue weighted by atomic mass is 9.96. The van der Waals surface area contributed by atoms with Gasteiger partial charge in [0, 0.05) is 25.6 Å². The number of carbonyl (C=O) groups is 2. The van der Waals surface area contributed by atoms with Crippen molar-refractivity contribution in [2.24, 2.45) is 22.7 Å². The lowest BCUT2D eigenvalue weighted by molar-refractivity contribution is -0.137. The van der Waals surface area contributed by atoms with E-state index in [1.165, 1.54) is 0 Å². The van der Waals surface area contributed by atoms with Gasteiger partial charge in [-0.1, -0.05) is 83.1 Å². The standard InChI is InChI=1S/C40H51N9O2/c1-24(2)26(5)38(50)48-20-6-8-33(48)36-43-22-31(45-36)29-14-10-27(11-15-29)28-12-16-30(17-13-28)32-23-44-37(46-32)34-9-7-21-49(34)39(51)35(25(3)4)47-40-41-18-19-42-40/h10-17,22-26,33-35H,6-9,18-21H2,1-5H3,(H,43,45)(H,44,46)(H2,41,42,47)/t26-,33-,34-,35-/m0/s1. The van der Waals surface area contributed by atoms with Crippen LogP contribution in [0.4, 0.5) is 0 Å². The number of benzene rings is 2. The molecular formula is C40H51N9O2.